The van der Waals surface area contributed by atoms with Crippen LogP contribution in [0.4, 0.5) is 0 Å². The van der Waals surface area contributed by atoms with Crippen LogP contribution in [-0.4, -0.2) is 66.4 Å². The van der Waals surface area contributed by atoms with Gasteiger partial charge in [-0.15, -0.1) is 0 Å². The predicted molar refractivity (Wildman–Crippen MR) is 104 cm³/mol. The SMILES string of the molecule is Cc1cc(CC(=O)NC2CO[C@H]3CN(C(=O)C4CCCCCC4)C[C@@H]3OC2)on1. The molecule has 3 aliphatic rings. The number of nitrogens with zero attached hydrogens (tertiary/aromatic N) is 2. The van der Waals surface area contributed by atoms with E-state index in [0.29, 0.717) is 32.1 Å². The smallest absolute Gasteiger partial charge is 0.228 e. The highest BCUT2D eigenvalue weighted by Gasteiger charge is 2.41. The van der Waals surface area contributed by atoms with Gasteiger partial charge in [0.25, 0.3) is 0 Å². The summed E-state index contributed by atoms with van der Waals surface area (Å²) in [7, 11) is 0. The lowest BCUT2D eigenvalue weighted by atomic mass is 9.99. The van der Waals surface area contributed by atoms with E-state index in [0.717, 1.165) is 31.4 Å². The maximum absolute atomic E-state index is 12.9. The quantitative estimate of drug-likeness (QED) is 0.765. The molecule has 1 aromatic heterocycles. The average Bonchev–Trinajstić information content (AvgIpc) is 3.11. The van der Waals surface area contributed by atoms with Crippen molar-refractivity contribution in [2.45, 2.75) is 70.1 Å². The van der Waals surface area contributed by atoms with Gasteiger partial charge in [-0.2, -0.15) is 0 Å². The fraction of sp³-hybridized carbons (Fsp3) is 0.762. The van der Waals surface area contributed by atoms with Crippen molar-refractivity contribution >= 4 is 11.8 Å². The molecule has 0 spiro atoms. The van der Waals surface area contributed by atoms with E-state index in [1.165, 1.54) is 12.8 Å². The summed E-state index contributed by atoms with van der Waals surface area (Å²) in [4.78, 5) is 27.1. The van der Waals surface area contributed by atoms with Crippen LogP contribution in [0.5, 0.6) is 0 Å². The number of amides is 2. The second-order valence-electron chi connectivity index (χ2n) is 8.55. The molecule has 8 nitrogen and oxygen atoms in total. The van der Waals surface area contributed by atoms with Crippen molar-refractivity contribution in [3.63, 3.8) is 0 Å². The number of rotatable bonds is 4. The number of carbonyl (C=O) groups is 2. The lowest BCUT2D eigenvalue weighted by Crippen LogP contribution is -2.42. The Balaban J connectivity index is 1.24. The van der Waals surface area contributed by atoms with Crippen LogP contribution in [0.2, 0.25) is 0 Å². The van der Waals surface area contributed by atoms with Crippen LogP contribution >= 0.6 is 0 Å². The Labute approximate surface area is 171 Å². The van der Waals surface area contributed by atoms with E-state index in [1.54, 1.807) is 6.07 Å². The van der Waals surface area contributed by atoms with Gasteiger partial charge in [-0.05, 0) is 19.8 Å². The number of likely N-dealkylation sites (tertiary alicyclic amines) is 1. The molecule has 4 rings (SSSR count). The molecule has 2 amide bonds. The van der Waals surface area contributed by atoms with Crippen molar-refractivity contribution in [2.75, 3.05) is 26.3 Å². The molecular weight excluding hydrogens is 374 g/mol. The molecule has 29 heavy (non-hydrogen) atoms. The molecule has 1 N–H and O–H groups in total. The summed E-state index contributed by atoms with van der Waals surface area (Å²) >= 11 is 0. The lowest BCUT2D eigenvalue weighted by Gasteiger charge is -2.23. The minimum atomic E-state index is -0.205. The third-order valence-corrected chi connectivity index (χ3v) is 6.13. The van der Waals surface area contributed by atoms with Gasteiger partial charge < -0.3 is 24.2 Å². The van der Waals surface area contributed by atoms with Gasteiger partial charge in [0.05, 0.1) is 31.4 Å². The third kappa shape index (κ3) is 5.17. The molecule has 1 saturated carbocycles. The van der Waals surface area contributed by atoms with E-state index in [1.807, 2.05) is 11.8 Å². The molecule has 3 fully saturated rings. The molecule has 2 atom stereocenters. The number of fused-ring (bicyclic) bond motifs is 1. The highest BCUT2D eigenvalue weighted by atomic mass is 16.6. The summed E-state index contributed by atoms with van der Waals surface area (Å²) in [5.74, 6) is 0.821. The van der Waals surface area contributed by atoms with Gasteiger partial charge in [-0.25, -0.2) is 0 Å². The Morgan fingerprint density at radius 1 is 1.10 bits per heavy atom. The van der Waals surface area contributed by atoms with E-state index in [2.05, 4.69) is 10.5 Å². The molecule has 0 aromatic carbocycles. The fourth-order valence-corrected chi connectivity index (χ4v) is 4.58. The fourth-order valence-electron chi connectivity index (χ4n) is 4.58. The average molecular weight is 405 g/mol. The summed E-state index contributed by atoms with van der Waals surface area (Å²) in [6.07, 6.45) is 6.70. The number of hydrogen-bond acceptors (Lipinski definition) is 6. The van der Waals surface area contributed by atoms with Gasteiger partial charge in [-0.1, -0.05) is 30.8 Å². The van der Waals surface area contributed by atoms with Crippen LogP contribution in [0.1, 0.15) is 50.0 Å². The van der Waals surface area contributed by atoms with Gasteiger partial charge in [-0.3, -0.25) is 9.59 Å². The Bertz CT molecular complexity index is 697. The lowest BCUT2D eigenvalue weighted by molar-refractivity contribution is -0.135. The van der Waals surface area contributed by atoms with Gasteiger partial charge >= 0.3 is 0 Å². The number of nitrogens with one attached hydrogen (secondary N) is 1. The number of aromatic nitrogens is 1. The second-order valence-corrected chi connectivity index (χ2v) is 8.55. The maximum Gasteiger partial charge on any atom is 0.228 e. The van der Waals surface area contributed by atoms with Crippen molar-refractivity contribution in [1.29, 1.82) is 0 Å². The molecule has 0 bridgehead atoms. The van der Waals surface area contributed by atoms with Gasteiger partial charge in [0.1, 0.15) is 18.0 Å². The van der Waals surface area contributed by atoms with E-state index >= 15 is 0 Å². The number of carbonyl (C=O) groups excluding carboxylic acids is 2. The molecular formula is C21H31N3O5. The van der Waals surface area contributed by atoms with Crippen molar-refractivity contribution in [3.8, 4) is 0 Å². The molecule has 160 valence electrons. The molecule has 2 aliphatic heterocycles. The van der Waals surface area contributed by atoms with Gasteiger partial charge in [0.2, 0.25) is 11.8 Å². The minimum absolute atomic E-state index is 0.122. The molecule has 0 radical (unpaired) electrons. The van der Waals surface area contributed by atoms with E-state index in [4.69, 9.17) is 14.0 Å². The van der Waals surface area contributed by atoms with Gasteiger partial charge in [0.15, 0.2) is 0 Å². The molecule has 1 aromatic rings. The van der Waals surface area contributed by atoms with Crippen LogP contribution in [0, 0.1) is 12.8 Å². The van der Waals surface area contributed by atoms with Crippen molar-refractivity contribution in [3.05, 3.63) is 17.5 Å². The first-order chi connectivity index (χ1) is 14.1. The third-order valence-electron chi connectivity index (χ3n) is 6.13. The summed E-state index contributed by atoms with van der Waals surface area (Å²) < 4.78 is 17.1. The minimum Gasteiger partial charge on any atom is -0.371 e. The maximum atomic E-state index is 12.9. The first-order valence-corrected chi connectivity index (χ1v) is 10.8. The Morgan fingerprint density at radius 3 is 2.34 bits per heavy atom. The molecule has 8 heteroatoms. The van der Waals surface area contributed by atoms with E-state index in [9.17, 15) is 9.59 Å². The topological polar surface area (TPSA) is 93.9 Å². The van der Waals surface area contributed by atoms with Crippen molar-refractivity contribution in [2.24, 2.45) is 5.92 Å². The standard InChI is InChI=1S/C21H31N3O5/c1-14-8-17(29-23-14)9-20(25)22-16-12-27-18-10-24(11-19(18)28-13-16)21(26)15-6-4-2-3-5-7-15/h8,15-16,18-19H,2-7,9-13H2,1H3,(H,22,25)/t18-,19-/m0/s1. The largest absolute Gasteiger partial charge is 0.371 e. The molecule has 0 unspecified atom stereocenters. The van der Waals surface area contributed by atoms with Gasteiger partial charge in [0, 0.05) is 25.1 Å². The summed E-state index contributed by atoms with van der Waals surface area (Å²) in [6.45, 7) is 3.75. The molecule has 2 saturated heterocycles. The number of aryl methyl sites for hydroxylation is 1. The molecule has 3 heterocycles. The predicted octanol–water partition coefficient (Wildman–Crippen LogP) is 1.61. The van der Waals surface area contributed by atoms with E-state index < -0.39 is 0 Å². The summed E-state index contributed by atoms with van der Waals surface area (Å²) in [5, 5.41) is 6.73. The van der Waals surface area contributed by atoms with Crippen LogP contribution < -0.4 is 5.32 Å². The Hall–Kier alpha value is -1.93. The zero-order valence-corrected chi connectivity index (χ0v) is 17.1. The number of ether oxygens (including phenoxy) is 2. The normalized spacial score (nSPS) is 26.6. The van der Waals surface area contributed by atoms with Crippen LogP contribution in [0.15, 0.2) is 10.6 Å². The second kappa shape index (κ2) is 9.26. The zero-order valence-electron chi connectivity index (χ0n) is 17.1. The first-order valence-electron chi connectivity index (χ1n) is 10.8. The summed E-state index contributed by atoms with van der Waals surface area (Å²) in [5.41, 5.74) is 0.754. The van der Waals surface area contributed by atoms with Crippen LogP contribution in [-0.2, 0) is 25.5 Å². The molecule has 1 aliphatic carbocycles. The Kier molecular flexibility index (Phi) is 6.50. The zero-order chi connectivity index (χ0) is 20.2. The monoisotopic (exact) mass is 405 g/mol. The van der Waals surface area contributed by atoms with Crippen LogP contribution in [0.25, 0.3) is 0 Å². The highest BCUT2D eigenvalue weighted by molar-refractivity contribution is 5.79. The van der Waals surface area contributed by atoms with Crippen LogP contribution in [0.3, 0.4) is 0 Å². The van der Waals surface area contributed by atoms with Crippen molar-refractivity contribution < 1.29 is 23.6 Å². The summed E-state index contributed by atoms with van der Waals surface area (Å²) in [6, 6.07) is 1.55. The number of hydrogen-bond donors (Lipinski definition) is 1. The highest BCUT2D eigenvalue weighted by Crippen LogP contribution is 2.28. The van der Waals surface area contributed by atoms with E-state index in [-0.39, 0.29) is 42.4 Å². The van der Waals surface area contributed by atoms with Crippen molar-refractivity contribution in [1.82, 2.24) is 15.4 Å². The first kappa shape index (κ1) is 20.3. The Morgan fingerprint density at radius 2 is 1.76 bits per heavy atom.